The Labute approximate surface area is 243 Å². The number of unbranched alkanes of at least 4 members (excludes halogenated alkanes) is 1. The molecule has 220 valence electrons. The van der Waals surface area contributed by atoms with E-state index in [9.17, 15) is 19.5 Å². The molecule has 0 saturated heterocycles. The van der Waals surface area contributed by atoms with Crippen molar-refractivity contribution in [3.63, 3.8) is 0 Å². The van der Waals surface area contributed by atoms with Crippen LogP contribution in [0.3, 0.4) is 0 Å². The summed E-state index contributed by atoms with van der Waals surface area (Å²) >= 11 is 0. The summed E-state index contributed by atoms with van der Waals surface area (Å²) in [4.78, 5) is 40.7. The van der Waals surface area contributed by atoms with Crippen LogP contribution in [0.2, 0.25) is 0 Å². The molecule has 0 radical (unpaired) electrons. The number of hydrogen-bond donors (Lipinski definition) is 2. The summed E-state index contributed by atoms with van der Waals surface area (Å²) in [5, 5.41) is 12.9. The van der Waals surface area contributed by atoms with Crippen molar-refractivity contribution in [1.29, 1.82) is 0 Å². The lowest BCUT2D eigenvalue weighted by Crippen LogP contribution is -2.49. The number of amides is 2. The standard InChI is InChI=1S/C33H42N2O6/c1-3-5-7-17-32(38)41-24-29(23-40-22-25-13-8-6-9-14-25)34-33(39)27(12-4-2)19-31(37)35-20-28-16-11-10-15-26(28)18-30(35)21-36/h3-4,6,8-11,13-16,27,29-30,36H,1-2,5,7,12,17-24H2,(H,34,39). The van der Waals surface area contributed by atoms with Crippen LogP contribution in [0.15, 0.2) is 79.9 Å². The number of benzene rings is 2. The quantitative estimate of drug-likeness (QED) is 0.171. The first-order valence-electron chi connectivity index (χ1n) is 14.2. The fraction of sp³-hybridized carbons (Fsp3) is 0.424. The normalized spacial score (nSPS) is 15.7. The van der Waals surface area contributed by atoms with Gasteiger partial charge in [0.1, 0.15) is 6.61 Å². The largest absolute Gasteiger partial charge is 0.463 e. The number of nitrogens with one attached hydrogen (secondary N) is 1. The molecule has 8 heteroatoms. The zero-order chi connectivity index (χ0) is 29.5. The molecule has 2 amide bonds. The monoisotopic (exact) mass is 562 g/mol. The van der Waals surface area contributed by atoms with Gasteiger partial charge in [0, 0.05) is 19.4 Å². The van der Waals surface area contributed by atoms with E-state index in [1.165, 1.54) is 0 Å². The highest BCUT2D eigenvalue weighted by atomic mass is 16.5. The lowest BCUT2D eigenvalue weighted by molar-refractivity contribution is -0.146. The summed E-state index contributed by atoms with van der Waals surface area (Å²) in [6.07, 6.45) is 5.81. The average molecular weight is 563 g/mol. The third-order valence-corrected chi connectivity index (χ3v) is 7.14. The van der Waals surface area contributed by atoms with Gasteiger partial charge in [0.15, 0.2) is 0 Å². The number of allylic oxidation sites excluding steroid dienone is 2. The average Bonchev–Trinajstić information content (AvgIpc) is 2.99. The molecule has 2 aromatic carbocycles. The Kier molecular flexibility index (Phi) is 13.3. The molecule has 1 heterocycles. The van der Waals surface area contributed by atoms with Crippen molar-refractivity contribution < 1.29 is 29.0 Å². The van der Waals surface area contributed by atoms with E-state index >= 15 is 0 Å². The summed E-state index contributed by atoms with van der Waals surface area (Å²) in [6, 6.07) is 16.6. The predicted octanol–water partition coefficient (Wildman–Crippen LogP) is 4.12. The van der Waals surface area contributed by atoms with Crippen LogP contribution in [-0.4, -0.2) is 59.7 Å². The summed E-state index contributed by atoms with van der Waals surface area (Å²) in [5.41, 5.74) is 3.14. The maximum Gasteiger partial charge on any atom is 0.305 e. The van der Waals surface area contributed by atoms with Crippen molar-refractivity contribution in [2.75, 3.05) is 19.8 Å². The number of carbonyl (C=O) groups excluding carboxylic acids is 3. The minimum Gasteiger partial charge on any atom is -0.463 e. The molecule has 3 atom stereocenters. The van der Waals surface area contributed by atoms with Crippen LogP contribution in [0.5, 0.6) is 0 Å². The molecule has 3 rings (SSSR count). The third kappa shape index (κ3) is 10.3. The molecule has 2 aromatic rings. The number of carbonyl (C=O) groups is 3. The van der Waals surface area contributed by atoms with Crippen molar-refractivity contribution in [2.45, 2.75) is 63.8 Å². The second kappa shape index (κ2) is 17.1. The maximum absolute atomic E-state index is 13.4. The Morgan fingerprint density at radius 1 is 1.02 bits per heavy atom. The maximum atomic E-state index is 13.4. The second-order valence-electron chi connectivity index (χ2n) is 10.3. The van der Waals surface area contributed by atoms with Gasteiger partial charge in [0.05, 0.1) is 37.8 Å². The van der Waals surface area contributed by atoms with E-state index in [-0.39, 0.29) is 56.5 Å². The van der Waals surface area contributed by atoms with Crippen LogP contribution in [0.25, 0.3) is 0 Å². The number of esters is 1. The lowest BCUT2D eigenvalue weighted by atomic mass is 9.92. The van der Waals surface area contributed by atoms with Gasteiger partial charge in [-0.05, 0) is 42.4 Å². The van der Waals surface area contributed by atoms with Crippen LogP contribution in [-0.2, 0) is 43.4 Å². The Balaban J connectivity index is 1.63. The molecule has 1 aliphatic rings. The van der Waals surface area contributed by atoms with Gasteiger partial charge >= 0.3 is 5.97 Å². The van der Waals surface area contributed by atoms with E-state index in [0.717, 1.165) is 16.7 Å². The third-order valence-electron chi connectivity index (χ3n) is 7.14. The zero-order valence-corrected chi connectivity index (χ0v) is 23.7. The second-order valence-corrected chi connectivity index (χ2v) is 10.3. The lowest BCUT2D eigenvalue weighted by Gasteiger charge is -2.36. The van der Waals surface area contributed by atoms with E-state index in [2.05, 4.69) is 18.5 Å². The number of nitrogens with zero attached hydrogens (tertiary/aromatic N) is 1. The molecule has 0 aliphatic carbocycles. The van der Waals surface area contributed by atoms with Gasteiger partial charge < -0.3 is 24.8 Å². The van der Waals surface area contributed by atoms with Crippen molar-refractivity contribution in [3.05, 3.63) is 96.6 Å². The van der Waals surface area contributed by atoms with Crippen LogP contribution >= 0.6 is 0 Å². The summed E-state index contributed by atoms with van der Waals surface area (Å²) in [5.74, 6) is -1.57. The van der Waals surface area contributed by atoms with Crippen LogP contribution in [0.4, 0.5) is 0 Å². The van der Waals surface area contributed by atoms with Gasteiger partial charge in [-0.3, -0.25) is 14.4 Å². The highest BCUT2D eigenvalue weighted by Gasteiger charge is 2.32. The molecule has 1 aliphatic heterocycles. The molecule has 41 heavy (non-hydrogen) atoms. The number of fused-ring (bicyclic) bond motifs is 1. The van der Waals surface area contributed by atoms with Crippen molar-refractivity contribution >= 4 is 17.8 Å². The molecule has 2 N–H and O–H groups in total. The Morgan fingerprint density at radius 2 is 1.76 bits per heavy atom. The SMILES string of the molecule is C=CCCCC(=O)OCC(COCc1ccccc1)NC(=O)C(CC=C)CC(=O)N1Cc2ccccc2CC1CO. The molecule has 0 fully saturated rings. The molecule has 3 unspecified atom stereocenters. The van der Waals surface area contributed by atoms with Gasteiger partial charge in [0.2, 0.25) is 11.8 Å². The van der Waals surface area contributed by atoms with Gasteiger partial charge in [-0.25, -0.2) is 0 Å². The summed E-state index contributed by atoms with van der Waals surface area (Å²) < 4.78 is 11.3. The molecular formula is C33H42N2O6. The van der Waals surface area contributed by atoms with Crippen molar-refractivity contribution in [3.8, 4) is 0 Å². The molecule has 0 bridgehead atoms. The minimum absolute atomic E-state index is 0.0323. The first-order valence-corrected chi connectivity index (χ1v) is 14.2. The first kappa shape index (κ1) is 31.8. The first-order chi connectivity index (χ1) is 19.9. The number of hydrogen-bond acceptors (Lipinski definition) is 6. The highest BCUT2D eigenvalue weighted by molar-refractivity contribution is 5.86. The van der Waals surface area contributed by atoms with Gasteiger partial charge in [-0.2, -0.15) is 0 Å². The molecule has 0 saturated carbocycles. The fourth-order valence-electron chi connectivity index (χ4n) is 4.85. The van der Waals surface area contributed by atoms with E-state index in [1.54, 1.807) is 17.1 Å². The number of ether oxygens (including phenoxy) is 2. The van der Waals surface area contributed by atoms with Crippen LogP contribution in [0.1, 0.15) is 48.8 Å². The smallest absolute Gasteiger partial charge is 0.305 e. The minimum atomic E-state index is -0.670. The Bertz CT molecular complexity index is 1150. The van der Waals surface area contributed by atoms with Gasteiger partial charge in [-0.1, -0.05) is 66.7 Å². The molecule has 0 spiro atoms. The van der Waals surface area contributed by atoms with E-state index in [0.29, 0.717) is 38.8 Å². The van der Waals surface area contributed by atoms with Crippen molar-refractivity contribution in [2.24, 2.45) is 5.92 Å². The number of rotatable bonds is 17. The predicted molar refractivity (Wildman–Crippen MR) is 158 cm³/mol. The Hall–Kier alpha value is -3.75. The van der Waals surface area contributed by atoms with E-state index in [4.69, 9.17) is 9.47 Å². The molecule has 0 aromatic heterocycles. The summed E-state index contributed by atoms with van der Waals surface area (Å²) in [6.45, 7) is 8.10. The van der Waals surface area contributed by atoms with E-state index in [1.807, 2.05) is 54.6 Å². The topological polar surface area (TPSA) is 105 Å². The highest BCUT2D eigenvalue weighted by Crippen LogP contribution is 2.25. The fourth-order valence-corrected chi connectivity index (χ4v) is 4.85. The zero-order valence-electron chi connectivity index (χ0n) is 23.7. The van der Waals surface area contributed by atoms with Crippen molar-refractivity contribution in [1.82, 2.24) is 10.2 Å². The Morgan fingerprint density at radius 3 is 2.46 bits per heavy atom. The number of aliphatic hydroxyl groups is 1. The van der Waals surface area contributed by atoms with Crippen LogP contribution < -0.4 is 5.32 Å². The molecule has 8 nitrogen and oxygen atoms in total. The summed E-state index contributed by atoms with van der Waals surface area (Å²) in [7, 11) is 0. The van der Waals surface area contributed by atoms with Crippen LogP contribution in [0, 0.1) is 5.92 Å². The van der Waals surface area contributed by atoms with E-state index < -0.39 is 12.0 Å². The molecular weight excluding hydrogens is 520 g/mol. The van der Waals surface area contributed by atoms with Gasteiger partial charge in [0.25, 0.3) is 0 Å². The van der Waals surface area contributed by atoms with Gasteiger partial charge in [-0.15, -0.1) is 13.2 Å². The number of aliphatic hydroxyl groups excluding tert-OH is 1.